The number of aryl methyl sites for hydroxylation is 1. The Balaban J connectivity index is 1.65. The second-order valence-corrected chi connectivity index (χ2v) is 7.77. The fourth-order valence-electron chi connectivity index (χ4n) is 2.90. The number of anilines is 2. The molecule has 1 saturated heterocycles. The molecule has 2 aromatic rings. The summed E-state index contributed by atoms with van der Waals surface area (Å²) in [5, 5.41) is 4.63. The van der Waals surface area contributed by atoms with Gasteiger partial charge < -0.3 is 19.9 Å². The Hall–Kier alpha value is -2.26. The number of aromatic nitrogens is 2. The van der Waals surface area contributed by atoms with Crippen LogP contribution < -0.4 is 10.2 Å². The Morgan fingerprint density at radius 1 is 1.26 bits per heavy atom. The standard InChI is InChI=1S/C18H23N5O2S2/c1-4-25-16(24)14-12(2)13(3)27-15(14)21-18(26)23-10-8-22(9-11-23)17-19-6-5-7-20-17/h5-7H,4,8-11H2,1-3H3,(H,21,26). The zero-order valence-corrected chi connectivity index (χ0v) is 17.3. The van der Waals surface area contributed by atoms with Crippen LogP contribution in [-0.2, 0) is 4.74 Å². The monoisotopic (exact) mass is 405 g/mol. The summed E-state index contributed by atoms with van der Waals surface area (Å²) >= 11 is 7.12. The molecule has 1 fully saturated rings. The van der Waals surface area contributed by atoms with Gasteiger partial charge in [0.25, 0.3) is 0 Å². The summed E-state index contributed by atoms with van der Waals surface area (Å²) < 4.78 is 5.20. The Morgan fingerprint density at radius 2 is 1.93 bits per heavy atom. The molecule has 0 amide bonds. The maximum Gasteiger partial charge on any atom is 0.341 e. The topological polar surface area (TPSA) is 70.6 Å². The SMILES string of the molecule is CCOC(=O)c1c(NC(=S)N2CCN(c3ncccn3)CC2)sc(C)c1C. The van der Waals surface area contributed by atoms with E-state index in [9.17, 15) is 4.79 Å². The minimum atomic E-state index is -0.310. The number of thiophene rings is 1. The molecule has 3 rings (SSSR count). The van der Waals surface area contributed by atoms with Crippen molar-refractivity contribution in [1.82, 2.24) is 14.9 Å². The van der Waals surface area contributed by atoms with Gasteiger partial charge in [-0.2, -0.15) is 0 Å². The first kappa shape index (κ1) is 19.5. The number of rotatable bonds is 4. The van der Waals surface area contributed by atoms with Crippen molar-refractivity contribution in [1.29, 1.82) is 0 Å². The Bertz CT molecular complexity index is 817. The van der Waals surface area contributed by atoms with Gasteiger partial charge in [-0.05, 0) is 44.6 Å². The van der Waals surface area contributed by atoms with Crippen molar-refractivity contribution in [3.05, 3.63) is 34.5 Å². The lowest BCUT2D eigenvalue weighted by Crippen LogP contribution is -2.50. The highest BCUT2D eigenvalue weighted by Gasteiger charge is 2.24. The summed E-state index contributed by atoms with van der Waals surface area (Å²) in [7, 11) is 0. The third-order valence-electron chi connectivity index (χ3n) is 4.49. The van der Waals surface area contributed by atoms with E-state index in [-0.39, 0.29) is 5.97 Å². The number of hydrogen-bond donors (Lipinski definition) is 1. The molecule has 1 aliphatic rings. The highest BCUT2D eigenvalue weighted by Crippen LogP contribution is 2.33. The first-order valence-electron chi connectivity index (χ1n) is 8.86. The summed E-state index contributed by atoms with van der Waals surface area (Å²) in [5.41, 5.74) is 1.52. The molecule has 0 unspecified atom stereocenters. The van der Waals surface area contributed by atoms with Gasteiger partial charge in [-0.15, -0.1) is 11.3 Å². The quantitative estimate of drug-likeness (QED) is 0.615. The van der Waals surface area contributed by atoms with Crippen LogP contribution in [0.2, 0.25) is 0 Å². The van der Waals surface area contributed by atoms with Crippen LogP contribution in [-0.4, -0.2) is 58.7 Å². The highest BCUT2D eigenvalue weighted by atomic mass is 32.1. The zero-order valence-electron chi connectivity index (χ0n) is 15.7. The van der Waals surface area contributed by atoms with Gasteiger partial charge in [-0.25, -0.2) is 14.8 Å². The second-order valence-electron chi connectivity index (χ2n) is 6.16. The van der Waals surface area contributed by atoms with Gasteiger partial charge in [0.1, 0.15) is 5.00 Å². The molecule has 9 heteroatoms. The molecule has 2 aromatic heterocycles. The van der Waals surface area contributed by atoms with E-state index in [4.69, 9.17) is 17.0 Å². The largest absolute Gasteiger partial charge is 0.462 e. The summed E-state index contributed by atoms with van der Waals surface area (Å²) in [6.07, 6.45) is 3.50. The first-order chi connectivity index (χ1) is 13.0. The van der Waals surface area contributed by atoms with E-state index >= 15 is 0 Å². The van der Waals surface area contributed by atoms with Gasteiger partial charge in [0.2, 0.25) is 5.95 Å². The Morgan fingerprint density at radius 3 is 2.56 bits per heavy atom. The number of nitrogens with one attached hydrogen (secondary N) is 1. The van der Waals surface area contributed by atoms with E-state index in [1.54, 1.807) is 19.3 Å². The van der Waals surface area contributed by atoms with Crippen molar-refractivity contribution < 1.29 is 9.53 Å². The van der Waals surface area contributed by atoms with Crippen LogP contribution in [0.3, 0.4) is 0 Å². The van der Waals surface area contributed by atoms with Crippen LogP contribution in [0.5, 0.6) is 0 Å². The van der Waals surface area contributed by atoms with E-state index in [2.05, 4.69) is 25.1 Å². The molecule has 0 aromatic carbocycles. The maximum atomic E-state index is 12.3. The zero-order chi connectivity index (χ0) is 19.4. The number of thiocarbonyl (C=S) groups is 1. The number of piperazine rings is 1. The molecule has 0 saturated carbocycles. The van der Waals surface area contributed by atoms with Crippen molar-refractivity contribution in [3.63, 3.8) is 0 Å². The van der Waals surface area contributed by atoms with Gasteiger partial charge in [-0.3, -0.25) is 0 Å². The molecule has 0 atom stereocenters. The van der Waals surface area contributed by atoms with Crippen LogP contribution >= 0.6 is 23.6 Å². The van der Waals surface area contributed by atoms with Crippen molar-refractivity contribution in [3.8, 4) is 0 Å². The van der Waals surface area contributed by atoms with Crippen molar-refractivity contribution in [2.75, 3.05) is 43.0 Å². The molecular formula is C18H23N5O2S2. The molecule has 144 valence electrons. The van der Waals surface area contributed by atoms with Crippen molar-refractivity contribution in [2.45, 2.75) is 20.8 Å². The molecule has 1 aliphatic heterocycles. The fraction of sp³-hybridized carbons (Fsp3) is 0.444. The second kappa shape index (κ2) is 8.62. The summed E-state index contributed by atoms with van der Waals surface area (Å²) in [6, 6.07) is 1.81. The van der Waals surface area contributed by atoms with Gasteiger partial charge in [-0.1, -0.05) is 0 Å². The lowest BCUT2D eigenvalue weighted by Gasteiger charge is -2.36. The van der Waals surface area contributed by atoms with Crippen LogP contribution in [0.25, 0.3) is 0 Å². The molecule has 3 heterocycles. The van der Waals surface area contributed by atoms with Gasteiger partial charge in [0.05, 0.1) is 12.2 Å². The van der Waals surface area contributed by atoms with E-state index in [1.165, 1.54) is 11.3 Å². The predicted molar refractivity (Wildman–Crippen MR) is 112 cm³/mol. The van der Waals surface area contributed by atoms with Crippen molar-refractivity contribution >= 4 is 45.6 Å². The minimum Gasteiger partial charge on any atom is -0.462 e. The third-order valence-corrected chi connectivity index (χ3v) is 5.97. The predicted octanol–water partition coefficient (Wildman–Crippen LogP) is 2.85. The highest BCUT2D eigenvalue weighted by molar-refractivity contribution is 7.80. The summed E-state index contributed by atoms with van der Waals surface area (Å²) in [6.45, 7) is 9.20. The number of nitrogens with zero attached hydrogens (tertiary/aromatic N) is 4. The van der Waals surface area contributed by atoms with Crippen LogP contribution in [0.1, 0.15) is 27.7 Å². The van der Waals surface area contributed by atoms with E-state index in [1.807, 2.05) is 19.9 Å². The van der Waals surface area contributed by atoms with Crippen LogP contribution in [0, 0.1) is 13.8 Å². The number of ether oxygens (including phenoxy) is 1. The first-order valence-corrected chi connectivity index (χ1v) is 10.1. The molecule has 7 nitrogen and oxygen atoms in total. The van der Waals surface area contributed by atoms with Gasteiger partial charge in [0.15, 0.2) is 5.11 Å². The van der Waals surface area contributed by atoms with Crippen LogP contribution in [0.4, 0.5) is 10.9 Å². The molecule has 0 aliphatic carbocycles. The lowest BCUT2D eigenvalue weighted by molar-refractivity contribution is 0.0527. The Kier molecular flexibility index (Phi) is 6.22. The molecular weight excluding hydrogens is 382 g/mol. The smallest absolute Gasteiger partial charge is 0.341 e. The summed E-state index contributed by atoms with van der Waals surface area (Å²) in [5.74, 6) is 0.431. The average molecular weight is 406 g/mol. The minimum absolute atomic E-state index is 0.310. The van der Waals surface area contributed by atoms with Gasteiger partial charge in [0, 0.05) is 43.4 Å². The average Bonchev–Trinajstić information content (AvgIpc) is 2.96. The number of carbonyl (C=O) groups excluding carboxylic acids is 1. The van der Waals surface area contributed by atoms with Gasteiger partial charge >= 0.3 is 5.97 Å². The molecule has 0 radical (unpaired) electrons. The fourth-order valence-corrected chi connectivity index (χ4v) is 4.30. The molecule has 0 bridgehead atoms. The number of carbonyl (C=O) groups is 1. The van der Waals surface area contributed by atoms with E-state index in [0.717, 1.165) is 47.6 Å². The van der Waals surface area contributed by atoms with Crippen molar-refractivity contribution in [2.24, 2.45) is 0 Å². The molecule has 0 spiro atoms. The third kappa shape index (κ3) is 4.36. The normalized spacial score (nSPS) is 14.2. The lowest BCUT2D eigenvalue weighted by atomic mass is 10.1. The van der Waals surface area contributed by atoms with Crippen LogP contribution in [0.15, 0.2) is 18.5 Å². The molecule has 1 N–H and O–H groups in total. The van der Waals surface area contributed by atoms with E-state index in [0.29, 0.717) is 17.3 Å². The number of hydrogen-bond acceptors (Lipinski definition) is 7. The van der Waals surface area contributed by atoms with E-state index < -0.39 is 0 Å². The maximum absolute atomic E-state index is 12.3. The number of esters is 1. The summed E-state index contributed by atoms with van der Waals surface area (Å²) in [4.78, 5) is 26.2. The molecule has 27 heavy (non-hydrogen) atoms. The Labute approximate surface area is 168 Å².